The Bertz CT molecular complexity index is 549. The lowest BCUT2D eigenvalue weighted by molar-refractivity contribution is -0.125. The highest BCUT2D eigenvalue weighted by atomic mass is 79.9. The van der Waals surface area contributed by atoms with Gasteiger partial charge in [-0.25, -0.2) is 4.79 Å². The molecule has 1 heterocycles. The molecule has 0 aliphatic carbocycles. The number of thioether (sulfide) groups is 1. The van der Waals surface area contributed by atoms with Crippen LogP contribution in [0, 0.1) is 0 Å². The number of imide groups is 1. The Morgan fingerprint density at radius 1 is 1.35 bits per heavy atom. The zero-order chi connectivity index (χ0) is 14.7. The van der Waals surface area contributed by atoms with Gasteiger partial charge in [0, 0.05) is 17.6 Å². The standard InChI is InChI=1S/C12H11BrN2O4S/c13-5-6-15-10(16)9(20-12(15)19)14-8-3-1-7(2-4-8)11(17)18/h1-4,9,14H,5-6H2,(H,17,18)/t9-/m1/s1. The number of nitrogens with zero attached hydrogens (tertiary/aromatic N) is 1. The molecule has 1 aromatic rings. The van der Waals surface area contributed by atoms with Crippen LogP contribution < -0.4 is 5.32 Å². The minimum atomic E-state index is -1.01. The Hall–Kier alpha value is -1.54. The third-order valence-corrected chi connectivity index (χ3v) is 4.00. The number of anilines is 1. The molecule has 2 amide bonds. The molecule has 0 radical (unpaired) electrons. The number of alkyl halides is 1. The zero-order valence-corrected chi connectivity index (χ0v) is 12.6. The molecule has 0 aromatic heterocycles. The first-order valence-electron chi connectivity index (χ1n) is 5.71. The Morgan fingerprint density at radius 3 is 2.55 bits per heavy atom. The molecule has 1 saturated heterocycles. The maximum atomic E-state index is 12.0. The fourth-order valence-corrected chi connectivity index (χ4v) is 2.97. The SMILES string of the molecule is O=C(O)c1ccc(N[C@@H]2SC(=O)N(CCBr)C2=O)cc1. The summed E-state index contributed by atoms with van der Waals surface area (Å²) in [5, 5.41) is 11.3. The number of carboxylic acids is 1. The molecule has 2 rings (SSSR count). The van der Waals surface area contributed by atoms with Crippen LogP contribution in [0.4, 0.5) is 10.5 Å². The largest absolute Gasteiger partial charge is 0.478 e. The normalized spacial score (nSPS) is 18.4. The van der Waals surface area contributed by atoms with E-state index in [0.717, 1.165) is 11.8 Å². The number of carbonyl (C=O) groups is 3. The summed E-state index contributed by atoms with van der Waals surface area (Å²) < 4.78 is 0. The van der Waals surface area contributed by atoms with E-state index in [9.17, 15) is 14.4 Å². The molecule has 0 spiro atoms. The van der Waals surface area contributed by atoms with E-state index in [2.05, 4.69) is 21.2 Å². The maximum absolute atomic E-state index is 12.0. The summed E-state index contributed by atoms with van der Waals surface area (Å²) >= 11 is 4.11. The van der Waals surface area contributed by atoms with Crippen molar-refractivity contribution in [1.82, 2.24) is 4.90 Å². The van der Waals surface area contributed by atoms with Crippen molar-refractivity contribution in [1.29, 1.82) is 0 Å². The van der Waals surface area contributed by atoms with Crippen LogP contribution in [0.25, 0.3) is 0 Å². The number of nitrogens with one attached hydrogen (secondary N) is 1. The molecule has 1 aliphatic heterocycles. The van der Waals surface area contributed by atoms with E-state index in [1.807, 2.05) is 0 Å². The third-order valence-electron chi connectivity index (χ3n) is 2.67. The second-order valence-corrected chi connectivity index (χ2v) is 5.82. The average Bonchev–Trinajstić information content (AvgIpc) is 2.67. The van der Waals surface area contributed by atoms with E-state index in [4.69, 9.17) is 5.11 Å². The topological polar surface area (TPSA) is 86.7 Å². The van der Waals surface area contributed by atoms with Crippen molar-refractivity contribution in [3.63, 3.8) is 0 Å². The zero-order valence-electron chi connectivity index (χ0n) is 10.2. The molecular weight excluding hydrogens is 348 g/mol. The van der Waals surface area contributed by atoms with Crippen molar-refractivity contribution in [3.05, 3.63) is 29.8 Å². The molecule has 1 aromatic carbocycles. The smallest absolute Gasteiger partial charge is 0.335 e. The van der Waals surface area contributed by atoms with E-state index in [1.165, 1.54) is 17.0 Å². The molecule has 2 N–H and O–H groups in total. The van der Waals surface area contributed by atoms with Crippen LogP contribution in [0.3, 0.4) is 0 Å². The molecular formula is C12H11BrN2O4S. The van der Waals surface area contributed by atoms with Crippen LogP contribution in [0.15, 0.2) is 24.3 Å². The number of hydrogen-bond acceptors (Lipinski definition) is 5. The predicted molar refractivity (Wildman–Crippen MR) is 79.3 cm³/mol. The molecule has 0 unspecified atom stereocenters. The lowest BCUT2D eigenvalue weighted by Crippen LogP contribution is -2.35. The van der Waals surface area contributed by atoms with Crippen molar-refractivity contribution >= 4 is 50.5 Å². The number of halogens is 1. The summed E-state index contributed by atoms with van der Waals surface area (Å²) in [6.45, 7) is 0.334. The molecule has 20 heavy (non-hydrogen) atoms. The van der Waals surface area contributed by atoms with E-state index in [-0.39, 0.29) is 16.7 Å². The molecule has 0 saturated carbocycles. The first-order valence-corrected chi connectivity index (χ1v) is 7.71. The molecule has 1 aliphatic rings. The minimum absolute atomic E-state index is 0.165. The first-order chi connectivity index (χ1) is 9.52. The van der Waals surface area contributed by atoms with Gasteiger partial charge in [0.2, 0.25) is 0 Å². The van der Waals surface area contributed by atoms with Crippen molar-refractivity contribution in [2.45, 2.75) is 5.37 Å². The summed E-state index contributed by atoms with van der Waals surface area (Å²) in [7, 11) is 0. The summed E-state index contributed by atoms with van der Waals surface area (Å²) in [5.41, 5.74) is 0.757. The highest BCUT2D eigenvalue weighted by Gasteiger charge is 2.39. The van der Waals surface area contributed by atoms with Crippen molar-refractivity contribution in [3.8, 4) is 0 Å². The van der Waals surface area contributed by atoms with Crippen LogP contribution in [0.1, 0.15) is 10.4 Å². The van der Waals surface area contributed by atoms with Gasteiger partial charge >= 0.3 is 5.97 Å². The maximum Gasteiger partial charge on any atom is 0.335 e. The van der Waals surface area contributed by atoms with Crippen LogP contribution in [0.5, 0.6) is 0 Å². The number of hydrogen-bond donors (Lipinski definition) is 2. The molecule has 0 bridgehead atoms. The highest BCUT2D eigenvalue weighted by molar-refractivity contribution is 9.09. The van der Waals surface area contributed by atoms with Gasteiger partial charge in [-0.15, -0.1) is 0 Å². The summed E-state index contributed by atoms with van der Waals surface area (Å²) in [6, 6.07) is 6.00. The van der Waals surface area contributed by atoms with Gasteiger partial charge in [0.15, 0.2) is 5.37 Å². The van der Waals surface area contributed by atoms with Gasteiger partial charge in [0.25, 0.3) is 11.1 Å². The number of benzene rings is 1. The summed E-state index contributed by atoms with van der Waals surface area (Å²) in [6.07, 6.45) is 0. The summed E-state index contributed by atoms with van der Waals surface area (Å²) in [5.74, 6) is -1.30. The number of aromatic carboxylic acids is 1. The van der Waals surface area contributed by atoms with Crippen molar-refractivity contribution in [2.24, 2.45) is 0 Å². The van der Waals surface area contributed by atoms with Gasteiger partial charge in [0.1, 0.15) is 0 Å². The third kappa shape index (κ3) is 3.13. The Labute approximate surface area is 127 Å². The highest BCUT2D eigenvalue weighted by Crippen LogP contribution is 2.28. The van der Waals surface area contributed by atoms with E-state index >= 15 is 0 Å². The second kappa shape index (κ2) is 6.27. The monoisotopic (exact) mass is 358 g/mol. The van der Waals surface area contributed by atoms with Crippen molar-refractivity contribution < 1.29 is 19.5 Å². The Kier molecular flexibility index (Phi) is 4.66. The number of carboxylic acid groups (broad SMARTS) is 1. The van der Waals surface area contributed by atoms with E-state index in [1.54, 1.807) is 12.1 Å². The lowest BCUT2D eigenvalue weighted by Gasteiger charge is -2.13. The molecule has 1 fully saturated rings. The van der Waals surface area contributed by atoms with Crippen molar-refractivity contribution in [2.75, 3.05) is 17.2 Å². The first kappa shape index (κ1) is 14.9. The van der Waals surface area contributed by atoms with E-state index in [0.29, 0.717) is 17.6 Å². The fraction of sp³-hybridized carbons (Fsp3) is 0.250. The molecule has 8 heteroatoms. The number of carbonyl (C=O) groups excluding carboxylic acids is 2. The molecule has 1 atom stereocenters. The Balaban J connectivity index is 2.05. The van der Waals surface area contributed by atoms with Crippen LogP contribution in [-0.2, 0) is 4.79 Å². The van der Waals surface area contributed by atoms with Gasteiger partial charge in [-0.05, 0) is 36.0 Å². The molecule has 106 valence electrons. The second-order valence-electron chi connectivity index (χ2n) is 3.97. The van der Waals surface area contributed by atoms with Crippen LogP contribution >= 0.6 is 27.7 Å². The van der Waals surface area contributed by atoms with Gasteiger partial charge in [-0.2, -0.15) is 0 Å². The average molecular weight is 359 g/mol. The fourth-order valence-electron chi connectivity index (χ4n) is 1.68. The predicted octanol–water partition coefficient (Wildman–Crippen LogP) is 2.21. The lowest BCUT2D eigenvalue weighted by atomic mass is 10.2. The van der Waals surface area contributed by atoms with E-state index < -0.39 is 11.3 Å². The van der Waals surface area contributed by atoms with Gasteiger partial charge in [-0.3, -0.25) is 14.5 Å². The van der Waals surface area contributed by atoms with Gasteiger partial charge in [-0.1, -0.05) is 15.9 Å². The quantitative estimate of drug-likeness (QED) is 0.784. The van der Waals surface area contributed by atoms with Crippen LogP contribution in [0.2, 0.25) is 0 Å². The number of amides is 2. The van der Waals surface area contributed by atoms with Crippen LogP contribution in [-0.4, -0.2) is 44.4 Å². The number of rotatable bonds is 5. The Morgan fingerprint density at radius 2 is 2.00 bits per heavy atom. The summed E-state index contributed by atoms with van der Waals surface area (Å²) in [4.78, 5) is 35.6. The minimum Gasteiger partial charge on any atom is -0.478 e. The molecule has 6 nitrogen and oxygen atoms in total. The van der Waals surface area contributed by atoms with Gasteiger partial charge < -0.3 is 10.4 Å². The van der Waals surface area contributed by atoms with Gasteiger partial charge in [0.05, 0.1) is 5.56 Å².